The molecule has 0 radical (unpaired) electrons. The minimum absolute atomic E-state index is 0.503. The van der Waals surface area contributed by atoms with Crippen LogP contribution in [0, 0.1) is 0 Å². The largest absolute Gasteiger partial charge is 0.348 e. The lowest BCUT2D eigenvalue weighted by Gasteiger charge is -2.19. The molecule has 0 amide bonds. The molecule has 0 bridgehead atoms. The summed E-state index contributed by atoms with van der Waals surface area (Å²) in [5.41, 5.74) is 1.28. The Morgan fingerprint density at radius 1 is 1.20 bits per heavy atom. The maximum absolute atomic E-state index is 4.92. The lowest BCUT2D eigenvalue weighted by Crippen LogP contribution is -2.23. The first-order chi connectivity index (χ1) is 9.63. The summed E-state index contributed by atoms with van der Waals surface area (Å²) in [5.74, 6) is 0.503. The second-order valence-corrected chi connectivity index (χ2v) is 6.63. The van der Waals surface area contributed by atoms with Crippen molar-refractivity contribution in [3.05, 3.63) is 10.6 Å². The van der Waals surface area contributed by atoms with Gasteiger partial charge >= 0.3 is 0 Å². The zero-order valence-electron chi connectivity index (χ0n) is 13.8. The van der Waals surface area contributed by atoms with Crippen LogP contribution < -0.4 is 10.2 Å². The molecule has 0 aliphatic heterocycles. The molecule has 1 aromatic rings. The van der Waals surface area contributed by atoms with E-state index in [1.54, 1.807) is 0 Å². The molecule has 0 aromatic carbocycles. The summed E-state index contributed by atoms with van der Waals surface area (Å²) in [5, 5.41) is 4.72. The molecule has 0 aliphatic rings. The van der Waals surface area contributed by atoms with Crippen molar-refractivity contribution >= 4 is 16.5 Å². The Morgan fingerprint density at radius 2 is 1.95 bits per heavy atom. The van der Waals surface area contributed by atoms with E-state index in [1.807, 2.05) is 11.3 Å². The van der Waals surface area contributed by atoms with Gasteiger partial charge in [-0.15, -0.1) is 11.3 Å². The van der Waals surface area contributed by atoms with Gasteiger partial charge in [-0.3, -0.25) is 0 Å². The van der Waals surface area contributed by atoms with E-state index in [9.17, 15) is 0 Å². The van der Waals surface area contributed by atoms with Gasteiger partial charge in [0.15, 0.2) is 5.13 Å². The Hall–Kier alpha value is -0.610. The van der Waals surface area contributed by atoms with Crippen LogP contribution in [0.15, 0.2) is 0 Å². The highest BCUT2D eigenvalue weighted by Crippen LogP contribution is 2.30. The van der Waals surface area contributed by atoms with E-state index < -0.39 is 0 Å². The van der Waals surface area contributed by atoms with E-state index in [1.165, 1.54) is 35.0 Å². The highest BCUT2D eigenvalue weighted by atomic mass is 32.1. The molecular weight excluding hydrogens is 266 g/mol. The van der Waals surface area contributed by atoms with Crippen LogP contribution in [-0.4, -0.2) is 24.6 Å². The number of thiazole rings is 1. The van der Waals surface area contributed by atoms with E-state index in [2.05, 4.69) is 44.8 Å². The van der Waals surface area contributed by atoms with E-state index in [-0.39, 0.29) is 0 Å². The Morgan fingerprint density at radius 3 is 2.50 bits per heavy atom. The summed E-state index contributed by atoms with van der Waals surface area (Å²) >= 11 is 1.87. The molecule has 1 N–H and O–H groups in total. The third kappa shape index (κ3) is 5.06. The third-order valence-corrected chi connectivity index (χ3v) is 4.54. The molecule has 0 aliphatic carbocycles. The zero-order chi connectivity index (χ0) is 15.0. The fourth-order valence-electron chi connectivity index (χ4n) is 2.18. The summed E-state index contributed by atoms with van der Waals surface area (Å²) < 4.78 is 0. The second-order valence-electron chi connectivity index (χ2n) is 5.57. The standard InChI is InChI=1S/C16H31N3S/c1-6-9-11-19(8-3)16-18-15(13(4)5)14(20-16)12-17-10-7-2/h13,17H,6-12H2,1-5H3. The molecule has 1 rings (SSSR count). The predicted molar refractivity (Wildman–Crippen MR) is 91.0 cm³/mol. The van der Waals surface area contributed by atoms with Crippen LogP contribution in [0.25, 0.3) is 0 Å². The fraction of sp³-hybridized carbons (Fsp3) is 0.812. The van der Waals surface area contributed by atoms with Crippen molar-refractivity contribution in [1.82, 2.24) is 10.3 Å². The van der Waals surface area contributed by atoms with Gasteiger partial charge in [0.1, 0.15) is 0 Å². The smallest absolute Gasteiger partial charge is 0.185 e. The number of nitrogens with zero attached hydrogens (tertiary/aromatic N) is 2. The van der Waals surface area contributed by atoms with E-state index in [0.29, 0.717) is 5.92 Å². The van der Waals surface area contributed by atoms with Crippen molar-refractivity contribution in [2.45, 2.75) is 66.3 Å². The van der Waals surface area contributed by atoms with Crippen molar-refractivity contribution in [3.63, 3.8) is 0 Å². The lowest BCUT2D eigenvalue weighted by atomic mass is 10.1. The topological polar surface area (TPSA) is 28.2 Å². The molecule has 0 spiro atoms. The van der Waals surface area contributed by atoms with Gasteiger partial charge in [-0.1, -0.05) is 34.1 Å². The van der Waals surface area contributed by atoms with Crippen molar-refractivity contribution in [1.29, 1.82) is 0 Å². The lowest BCUT2D eigenvalue weighted by molar-refractivity contribution is 0.670. The third-order valence-electron chi connectivity index (χ3n) is 3.41. The summed E-state index contributed by atoms with van der Waals surface area (Å²) in [6, 6.07) is 0. The van der Waals surface area contributed by atoms with Crippen LogP contribution in [0.3, 0.4) is 0 Å². The molecule has 1 aromatic heterocycles. The molecule has 0 saturated heterocycles. The normalized spacial score (nSPS) is 11.3. The molecule has 0 atom stereocenters. The van der Waals surface area contributed by atoms with Gasteiger partial charge < -0.3 is 10.2 Å². The summed E-state index contributed by atoms with van der Waals surface area (Å²) in [4.78, 5) is 8.75. The molecule has 3 nitrogen and oxygen atoms in total. The van der Waals surface area contributed by atoms with E-state index in [4.69, 9.17) is 4.98 Å². The van der Waals surface area contributed by atoms with Gasteiger partial charge in [-0.25, -0.2) is 4.98 Å². The molecule has 1 heterocycles. The van der Waals surface area contributed by atoms with E-state index >= 15 is 0 Å². The van der Waals surface area contributed by atoms with Gasteiger partial charge in [0, 0.05) is 24.5 Å². The average molecular weight is 298 g/mol. The number of hydrogen-bond donors (Lipinski definition) is 1. The highest BCUT2D eigenvalue weighted by molar-refractivity contribution is 7.15. The molecular formula is C16H31N3S. The monoisotopic (exact) mass is 297 g/mol. The average Bonchev–Trinajstić information content (AvgIpc) is 2.84. The molecule has 4 heteroatoms. The Kier molecular flexibility index (Phi) is 8.15. The van der Waals surface area contributed by atoms with E-state index in [0.717, 1.165) is 26.2 Å². The number of rotatable bonds is 10. The number of nitrogens with one attached hydrogen (secondary N) is 1. The summed E-state index contributed by atoms with van der Waals surface area (Å²) in [7, 11) is 0. The van der Waals surface area contributed by atoms with Crippen LogP contribution in [0.1, 0.15) is 70.4 Å². The fourth-order valence-corrected chi connectivity index (χ4v) is 3.45. The maximum atomic E-state index is 4.92. The number of hydrogen-bond acceptors (Lipinski definition) is 4. The van der Waals surface area contributed by atoms with Crippen LogP contribution in [0.4, 0.5) is 5.13 Å². The Balaban J connectivity index is 2.83. The molecule has 0 unspecified atom stereocenters. The van der Waals surface area contributed by atoms with Gasteiger partial charge in [-0.05, 0) is 32.2 Å². The molecule has 0 fully saturated rings. The highest BCUT2D eigenvalue weighted by Gasteiger charge is 2.17. The van der Waals surface area contributed by atoms with Crippen molar-refractivity contribution in [3.8, 4) is 0 Å². The summed E-state index contributed by atoms with van der Waals surface area (Å²) in [6.07, 6.45) is 3.66. The van der Waals surface area contributed by atoms with Crippen molar-refractivity contribution < 1.29 is 0 Å². The zero-order valence-corrected chi connectivity index (χ0v) is 14.6. The first kappa shape index (κ1) is 17.4. The second kappa shape index (κ2) is 9.35. The van der Waals surface area contributed by atoms with Gasteiger partial charge in [0.05, 0.1) is 5.69 Å². The number of anilines is 1. The minimum atomic E-state index is 0.503. The Labute approximate surface area is 128 Å². The Bertz CT molecular complexity index is 374. The quantitative estimate of drug-likeness (QED) is 0.649. The van der Waals surface area contributed by atoms with Crippen LogP contribution in [-0.2, 0) is 6.54 Å². The van der Waals surface area contributed by atoms with Gasteiger partial charge in [0.25, 0.3) is 0 Å². The van der Waals surface area contributed by atoms with Crippen LogP contribution >= 0.6 is 11.3 Å². The minimum Gasteiger partial charge on any atom is -0.348 e. The first-order valence-corrected chi connectivity index (χ1v) is 8.90. The van der Waals surface area contributed by atoms with Crippen LogP contribution in [0.5, 0.6) is 0 Å². The predicted octanol–water partition coefficient (Wildman–Crippen LogP) is 4.39. The van der Waals surface area contributed by atoms with Crippen molar-refractivity contribution in [2.24, 2.45) is 0 Å². The molecule has 116 valence electrons. The van der Waals surface area contributed by atoms with Gasteiger partial charge in [0.2, 0.25) is 0 Å². The number of unbranched alkanes of at least 4 members (excludes halogenated alkanes) is 1. The van der Waals surface area contributed by atoms with Crippen molar-refractivity contribution in [2.75, 3.05) is 24.5 Å². The summed E-state index contributed by atoms with van der Waals surface area (Å²) in [6.45, 7) is 15.4. The SMILES string of the molecule is CCCCN(CC)c1nc(C(C)C)c(CNCCC)s1. The molecule has 0 saturated carbocycles. The molecule has 20 heavy (non-hydrogen) atoms. The van der Waals surface area contributed by atoms with Crippen LogP contribution in [0.2, 0.25) is 0 Å². The first-order valence-electron chi connectivity index (χ1n) is 8.09. The van der Waals surface area contributed by atoms with Gasteiger partial charge in [-0.2, -0.15) is 0 Å². The maximum Gasteiger partial charge on any atom is 0.185 e. The number of aromatic nitrogens is 1.